The Kier molecular flexibility index (Phi) is 4.43. The molecule has 2 rings (SSSR count). The topological polar surface area (TPSA) is 29.9 Å². The molecule has 1 aromatic heterocycles. The van der Waals surface area contributed by atoms with E-state index in [0.29, 0.717) is 0 Å². The van der Waals surface area contributed by atoms with Gasteiger partial charge in [-0.05, 0) is 44.1 Å². The number of benzene rings is 1. The van der Waals surface area contributed by atoms with Crippen LogP contribution in [0, 0.1) is 4.77 Å². The van der Waals surface area contributed by atoms with E-state index in [1.807, 2.05) is 30.5 Å². The van der Waals surface area contributed by atoms with Crippen molar-refractivity contribution in [2.24, 2.45) is 0 Å². The molecule has 102 valence electrons. The van der Waals surface area contributed by atoms with Gasteiger partial charge in [0.05, 0.1) is 11.8 Å². The monoisotopic (exact) mass is 276 g/mol. The lowest BCUT2D eigenvalue weighted by Crippen LogP contribution is -2.10. The molecule has 1 aromatic carbocycles. The summed E-state index contributed by atoms with van der Waals surface area (Å²) >= 11 is 5.34. The molecule has 3 nitrogen and oxygen atoms in total. The Morgan fingerprint density at radius 1 is 1.37 bits per heavy atom. The molecule has 1 atom stereocenters. The Balaban J connectivity index is 2.38. The SMILES string of the molecule is CCc1c[nH]c(=S)n1-c1cccc(OC(C)CC)c1. The number of hydrogen-bond donors (Lipinski definition) is 1. The third-order valence-corrected chi connectivity index (χ3v) is 3.50. The van der Waals surface area contributed by atoms with Crippen LogP contribution in [0.3, 0.4) is 0 Å². The van der Waals surface area contributed by atoms with Gasteiger partial charge in [-0.2, -0.15) is 0 Å². The van der Waals surface area contributed by atoms with Crippen LogP contribution in [-0.4, -0.2) is 15.7 Å². The van der Waals surface area contributed by atoms with Crippen LogP contribution in [0.15, 0.2) is 30.5 Å². The zero-order chi connectivity index (χ0) is 13.8. The summed E-state index contributed by atoms with van der Waals surface area (Å²) in [5.41, 5.74) is 2.22. The maximum atomic E-state index is 5.86. The number of hydrogen-bond acceptors (Lipinski definition) is 2. The summed E-state index contributed by atoms with van der Waals surface area (Å²) < 4.78 is 8.63. The molecule has 2 aromatic rings. The largest absolute Gasteiger partial charge is 0.491 e. The number of H-pyrrole nitrogens is 1. The van der Waals surface area contributed by atoms with Gasteiger partial charge >= 0.3 is 0 Å². The van der Waals surface area contributed by atoms with E-state index < -0.39 is 0 Å². The van der Waals surface area contributed by atoms with Crippen LogP contribution in [0.1, 0.15) is 32.9 Å². The highest BCUT2D eigenvalue weighted by molar-refractivity contribution is 7.71. The van der Waals surface area contributed by atoms with E-state index in [0.717, 1.165) is 29.0 Å². The van der Waals surface area contributed by atoms with Crippen molar-refractivity contribution in [1.29, 1.82) is 0 Å². The van der Waals surface area contributed by atoms with Crippen LogP contribution < -0.4 is 4.74 Å². The number of nitrogens with zero attached hydrogens (tertiary/aromatic N) is 1. The lowest BCUT2D eigenvalue weighted by molar-refractivity contribution is 0.217. The highest BCUT2D eigenvalue weighted by Crippen LogP contribution is 2.20. The molecule has 19 heavy (non-hydrogen) atoms. The molecule has 0 radical (unpaired) electrons. The first-order chi connectivity index (χ1) is 9.15. The molecule has 0 aliphatic heterocycles. The first-order valence-corrected chi connectivity index (χ1v) is 7.13. The molecule has 1 N–H and O–H groups in total. The minimum atomic E-state index is 0.222. The van der Waals surface area contributed by atoms with Crippen molar-refractivity contribution in [3.63, 3.8) is 0 Å². The molecule has 0 amide bonds. The van der Waals surface area contributed by atoms with Gasteiger partial charge < -0.3 is 9.72 Å². The van der Waals surface area contributed by atoms with Gasteiger partial charge in [0.15, 0.2) is 4.77 Å². The number of aromatic nitrogens is 2. The third-order valence-electron chi connectivity index (χ3n) is 3.20. The summed E-state index contributed by atoms with van der Waals surface area (Å²) in [5.74, 6) is 0.886. The molecule has 4 heteroatoms. The van der Waals surface area contributed by atoms with Crippen molar-refractivity contribution in [2.45, 2.75) is 39.7 Å². The van der Waals surface area contributed by atoms with E-state index in [4.69, 9.17) is 17.0 Å². The zero-order valence-corrected chi connectivity index (χ0v) is 12.5. The fourth-order valence-corrected chi connectivity index (χ4v) is 2.24. The van der Waals surface area contributed by atoms with Crippen molar-refractivity contribution in [1.82, 2.24) is 9.55 Å². The first kappa shape index (κ1) is 13.9. The Hall–Kier alpha value is -1.55. The zero-order valence-electron chi connectivity index (χ0n) is 11.6. The standard InChI is InChI=1S/C15H20N2OS/c1-4-11(3)18-14-8-6-7-13(9-14)17-12(5-2)10-16-15(17)19/h6-11H,4-5H2,1-3H3,(H,16,19). The Bertz CT molecular complexity index is 600. The second-order valence-electron chi connectivity index (χ2n) is 4.61. The van der Waals surface area contributed by atoms with Gasteiger partial charge in [0.25, 0.3) is 0 Å². The predicted octanol–water partition coefficient (Wildman–Crippen LogP) is 4.27. The molecule has 0 fully saturated rings. The number of imidazole rings is 1. The van der Waals surface area contributed by atoms with Crippen molar-refractivity contribution in [3.8, 4) is 11.4 Å². The van der Waals surface area contributed by atoms with Crippen LogP contribution in [-0.2, 0) is 6.42 Å². The smallest absolute Gasteiger partial charge is 0.182 e. The van der Waals surface area contributed by atoms with Gasteiger partial charge in [0.2, 0.25) is 0 Å². The normalized spacial score (nSPS) is 12.4. The number of ether oxygens (including phenoxy) is 1. The van der Waals surface area contributed by atoms with Crippen LogP contribution in [0.5, 0.6) is 5.75 Å². The van der Waals surface area contributed by atoms with Crippen molar-refractivity contribution in [2.75, 3.05) is 0 Å². The summed E-state index contributed by atoms with van der Waals surface area (Å²) in [5, 5.41) is 0. The summed E-state index contributed by atoms with van der Waals surface area (Å²) in [6.07, 6.45) is 4.11. The summed E-state index contributed by atoms with van der Waals surface area (Å²) in [6.45, 7) is 6.31. The van der Waals surface area contributed by atoms with Crippen molar-refractivity contribution >= 4 is 12.2 Å². The molecule has 0 aliphatic carbocycles. The predicted molar refractivity (Wildman–Crippen MR) is 80.7 cm³/mol. The number of nitrogens with one attached hydrogen (secondary N) is 1. The maximum Gasteiger partial charge on any atom is 0.182 e. The molecule has 1 heterocycles. The van der Waals surface area contributed by atoms with Gasteiger partial charge in [-0.25, -0.2) is 0 Å². The lowest BCUT2D eigenvalue weighted by atomic mass is 10.2. The molecule has 0 aliphatic rings. The number of aromatic amines is 1. The summed E-state index contributed by atoms with van der Waals surface area (Å²) in [7, 11) is 0. The Morgan fingerprint density at radius 2 is 2.16 bits per heavy atom. The average molecular weight is 276 g/mol. The van der Waals surface area contributed by atoms with Gasteiger partial charge in [-0.3, -0.25) is 4.57 Å². The number of aryl methyl sites for hydroxylation is 1. The fourth-order valence-electron chi connectivity index (χ4n) is 1.96. The second-order valence-corrected chi connectivity index (χ2v) is 4.99. The second kappa shape index (κ2) is 6.06. The molecule has 0 spiro atoms. The highest BCUT2D eigenvalue weighted by atomic mass is 32.1. The van der Waals surface area contributed by atoms with Crippen molar-refractivity contribution < 1.29 is 4.74 Å². The fraction of sp³-hybridized carbons (Fsp3) is 0.400. The summed E-state index contributed by atoms with van der Waals surface area (Å²) in [4.78, 5) is 3.10. The van der Waals surface area contributed by atoms with Gasteiger partial charge in [0, 0.05) is 18.0 Å². The molecular weight excluding hydrogens is 256 g/mol. The lowest BCUT2D eigenvalue weighted by Gasteiger charge is -2.14. The minimum Gasteiger partial charge on any atom is -0.491 e. The maximum absolute atomic E-state index is 5.86. The van der Waals surface area contributed by atoms with E-state index in [9.17, 15) is 0 Å². The van der Waals surface area contributed by atoms with Gasteiger partial charge in [0.1, 0.15) is 5.75 Å². The van der Waals surface area contributed by atoms with Crippen LogP contribution in [0.4, 0.5) is 0 Å². The third kappa shape index (κ3) is 3.07. The van der Waals surface area contributed by atoms with E-state index in [1.54, 1.807) is 0 Å². The molecule has 0 saturated heterocycles. The average Bonchev–Trinajstić information content (AvgIpc) is 2.80. The Morgan fingerprint density at radius 3 is 2.84 bits per heavy atom. The van der Waals surface area contributed by atoms with E-state index in [2.05, 4.69) is 30.3 Å². The highest BCUT2D eigenvalue weighted by Gasteiger charge is 2.07. The van der Waals surface area contributed by atoms with E-state index in [-0.39, 0.29) is 6.10 Å². The van der Waals surface area contributed by atoms with Crippen LogP contribution in [0.2, 0.25) is 0 Å². The Labute approximate surface area is 119 Å². The van der Waals surface area contributed by atoms with Gasteiger partial charge in [-0.15, -0.1) is 0 Å². The quantitative estimate of drug-likeness (QED) is 0.826. The van der Waals surface area contributed by atoms with Crippen LogP contribution in [0.25, 0.3) is 5.69 Å². The summed E-state index contributed by atoms with van der Waals surface area (Å²) in [6, 6.07) is 8.07. The molecular formula is C15H20N2OS. The number of rotatable bonds is 5. The van der Waals surface area contributed by atoms with E-state index in [1.165, 1.54) is 5.69 Å². The van der Waals surface area contributed by atoms with E-state index >= 15 is 0 Å². The van der Waals surface area contributed by atoms with Crippen LogP contribution >= 0.6 is 12.2 Å². The molecule has 0 saturated carbocycles. The van der Waals surface area contributed by atoms with Gasteiger partial charge in [-0.1, -0.05) is 19.9 Å². The van der Waals surface area contributed by atoms with Crippen molar-refractivity contribution in [3.05, 3.63) is 40.9 Å². The first-order valence-electron chi connectivity index (χ1n) is 6.72. The molecule has 0 bridgehead atoms. The molecule has 1 unspecified atom stereocenters. The minimum absolute atomic E-state index is 0.222.